The fraction of sp³-hybridized carbons (Fsp3) is 0.267. The van der Waals surface area contributed by atoms with E-state index in [0.29, 0.717) is 6.42 Å². The van der Waals surface area contributed by atoms with E-state index in [1.165, 1.54) is 24.3 Å². The zero-order valence-corrected chi connectivity index (χ0v) is 12.6. The Balaban J connectivity index is 2.27. The van der Waals surface area contributed by atoms with Crippen molar-refractivity contribution >= 4 is 10.1 Å². The predicted molar refractivity (Wildman–Crippen MR) is 76.7 cm³/mol. The number of benzene rings is 1. The van der Waals surface area contributed by atoms with Crippen molar-refractivity contribution in [3.05, 3.63) is 59.7 Å². The van der Waals surface area contributed by atoms with Gasteiger partial charge in [-0.3, -0.25) is 4.18 Å². The van der Waals surface area contributed by atoms with E-state index >= 15 is 0 Å². The highest BCUT2D eigenvalue weighted by molar-refractivity contribution is 7.86. The molecule has 0 N–H and O–H groups in total. The van der Waals surface area contributed by atoms with Crippen molar-refractivity contribution in [2.45, 2.75) is 31.3 Å². The van der Waals surface area contributed by atoms with Gasteiger partial charge in [0.05, 0.1) is 10.6 Å². The first-order valence-electron chi connectivity index (χ1n) is 6.55. The molecule has 21 heavy (non-hydrogen) atoms. The zero-order valence-electron chi connectivity index (χ0n) is 11.8. The van der Waals surface area contributed by atoms with Gasteiger partial charge in [0.25, 0.3) is 10.1 Å². The molecule has 0 bridgehead atoms. The quantitative estimate of drug-likeness (QED) is 0.627. The molecule has 1 aromatic carbocycles. The molecule has 2 rings (SSSR count). The van der Waals surface area contributed by atoms with Gasteiger partial charge in [0.1, 0.15) is 6.10 Å². The van der Waals surface area contributed by atoms with E-state index in [0.717, 1.165) is 5.56 Å². The first-order chi connectivity index (χ1) is 9.92. The highest BCUT2D eigenvalue weighted by atomic mass is 32.2. The van der Waals surface area contributed by atoms with Gasteiger partial charge in [0.15, 0.2) is 0 Å². The summed E-state index contributed by atoms with van der Waals surface area (Å²) in [5, 5.41) is 0. The van der Waals surface area contributed by atoms with Gasteiger partial charge in [-0.25, -0.2) is 4.98 Å². The second-order valence-corrected chi connectivity index (χ2v) is 6.22. The molecule has 0 saturated carbocycles. The maximum absolute atomic E-state index is 13.1. The lowest BCUT2D eigenvalue weighted by molar-refractivity contribution is 0.202. The molecule has 0 spiro atoms. The number of pyridine rings is 1. The second-order valence-electron chi connectivity index (χ2n) is 4.65. The van der Waals surface area contributed by atoms with Crippen molar-refractivity contribution in [2.75, 3.05) is 0 Å². The molecule has 0 amide bonds. The molecule has 0 fully saturated rings. The Morgan fingerprint density at radius 1 is 1.19 bits per heavy atom. The fourth-order valence-corrected chi connectivity index (χ4v) is 2.96. The Hall–Kier alpha value is -1.79. The summed E-state index contributed by atoms with van der Waals surface area (Å²) in [4.78, 5) is 3.75. The molecule has 0 saturated heterocycles. The molecule has 112 valence electrons. The van der Waals surface area contributed by atoms with Crippen molar-refractivity contribution in [3.63, 3.8) is 0 Å². The van der Waals surface area contributed by atoms with E-state index in [-0.39, 0.29) is 10.6 Å². The molecule has 1 aromatic heterocycles. The summed E-state index contributed by atoms with van der Waals surface area (Å²) < 4.78 is 42.8. The van der Waals surface area contributed by atoms with Crippen LogP contribution in [0.15, 0.2) is 47.4 Å². The lowest BCUT2D eigenvalue weighted by Crippen LogP contribution is -2.13. The van der Waals surface area contributed by atoms with Crippen LogP contribution in [0.5, 0.6) is 0 Å². The summed E-state index contributed by atoms with van der Waals surface area (Å²) in [5.41, 5.74) is 1.21. The maximum atomic E-state index is 13.1. The van der Waals surface area contributed by atoms with Gasteiger partial charge >= 0.3 is 0 Å². The van der Waals surface area contributed by atoms with E-state index in [1.807, 2.05) is 6.92 Å². The average Bonchev–Trinajstić information content (AvgIpc) is 2.45. The molecule has 2 aromatic rings. The van der Waals surface area contributed by atoms with Crippen molar-refractivity contribution < 1.29 is 17.0 Å². The predicted octanol–water partition coefficient (Wildman–Crippen LogP) is 3.39. The smallest absolute Gasteiger partial charge is 0.257 e. The van der Waals surface area contributed by atoms with E-state index < -0.39 is 22.2 Å². The summed E-state index contributed by atoms with van der Waals surface area (Å²) in [6.45, 7) is 3.62. The van der Waals surface area contributed by atoms with E-state index in [2.05, 4.69) is 4.98 Å². The van der Waals surface area contributed by atoms with E-state index in [4.69, 9.17) is 4.18 Å². The summed E-state index contributed by atoms with van der Waals surface area (Å²) in [6.07, 6.45) is -0.450. The van der Waals surface area contributed by atoms with Gasteiger partial charge in [0.2, 0.25) is 5.95 Å². The minimum absolute atomic E-state index is 0.0722. The zero-order chi connectivity index (χ0) is 15.5. The molecule has 6 heteroatoms. The third-order valence-corrected chi connectivity index (χ3v) is 4.32. The SMILES string of the molecule is CCC(OS(=O)(=O)c1ccc(C)cc1)c1cccc(F)n1. The van der Waals surface area contributed by atoms with Crippen LogP contribution in [0.3, 0.4) is 0 Å². The summed E-state index contributed by atoms with van der Waals surface area (Å²) in [5.74, 6) is -0.665. The van der Waals surface area contributed by atoms with Gasteiger partial charge < -0.3 is 0 Å². The van der Waals surface area contributed by atoms with Crippen LogP contribution in [0.4, 0.5) is 4.39 Å². The monoisotopic (exact) mass is 309 g/mol. The van der Waals surface area contributed by atoms with Gasteiger partial charge in [-0.15, -0.1) is 0 Å². The Kier molecular flexibility index (Phi) is 4.69. The van der Waals surface area contributed by atoms with Crippen molar-refractivity contribution in [3.8, 4) is 0 Å². The number of rotatable bonds is 5. The highest BCUT2D eigenvalue weighted by Gasteiger charge is 2.23. The first-order valence-corrected chi connectivity index (χ1v) is 7.95. The molecular weight excluding hydrogens is 293 g/mol. The minimum atomic E-state index is -3.91. The fourth-order valence-electron chi connectivity index (χ4n) is 1.84. The number of hydrogen-bond acceptors (Lipinski definition) is 4. The molecule has 1 heterocycles. The van der Waals surface area contributed by atoms with Gasteiger partial charge in [-0.05, 0) is 37.6 Å². The highest BCUT2D eigenvalue weighted by Crippen LogP contribution is 2.25. The lowest BCUT2D eigenvalue weighted by Gasteiger charge is -2.15. The van der Waals surface area contributed by atoms with Crippen LogP contribution in [0.25, 0.3) is 0 Å². The lowest BCUT2D eigenvalue weighted by atomic mass is 10.2. The number of aryl methyl sites for hydroxylation is 1. The summed E-state index contributed by atoms with van der Waals surface area (Å²) >= 11 is 0. The van der Waals surface area contributed by atoms with Crippen LogP contribution in [-0.2, 0) is 14.3 Å². The van der Waals surface area contributed by atoms with Crippen LogP contribution in [0.1, 0.15) is 30.7 Å². The molecular formula is C15H16FNO3S. The minimum Gasteiger partial charge on any atom is -0.257 e. The Morgan fingerprint density at radius 2 is 1.86 bits per heavy atom. The molecule has 0 aliphatic rings. The molecule has 0 radical (unpaired) electrons. The van der Waals surface area contributed by atoms with Gasteiger partial charge in [-0.2, -0.15) is 12.8 Å². The molecule has 1 atom stereocenters. The average molecular weight is 309 g/mol. The molecule has 4 nitrogen and oxygen atoms in total. The number of hydrogen-bond donors (Lipinski definition) is 0. The van der Waals surface area contributed by atoms with Crippen molar-refractivity contribution in [2.24, 2.45) is 0 Å². The van der Waals surface area contributed by atoms with Crippen LogP contribution in [-0.4, -0.2) is 13.4 Å². The van der Waals surface area contributed by atoms with Gasteiger partial charge in [-0.1, -0.05) is 30.7 Å². The largest absolute Gasteiger partial charge is 0.297 e. The van der Waals surface area contributed by atoms with Crippen LogP contribution < -0.4 is 0 Å². The number of halogens is 1. The Labute approximate surface area is 123 Å². The topological polar surface area (TPSA) is 56.3 Å². The third-order valence-electron chi connectivity index (χ3n) is 2.99. The normalized spacial score (nSPS) is 13.1. The standard InChI is InChI=1S/C15H16FNO3S/c1-3-14(13-5-4-6-15(16)17-13)20-21(18,19)12-9-7-11(2)8-10-12/h4-10,14H,3H2,1-2H3. The Morgan fingerprint density at radius 3 is 2.43 bits per heavy atom. The van der Waals surface area contributed by atoms with Gasteiger partial charge in [0, 0.05) is 0 Å². The van der Waals surface area contributed by atoms with Crippen molar-refractivity contribution in [1.29, 1.82) is 0 Å². The Bertz CT molecular complexity index is 714. The van der Waals surface area contributed by atoms with Crippen LogP contribution in [0.2, 0.25) is 0 Å². The number of nitrogens with zero attached hydrogens (tertiary/aromatic N) is 1. The second kappa shape index (κ2) is 6.32. The third kappa shape index (κ3) is 3.86. The van der Waals surface area contributed by atoms with Crippen LogP contribution in [0, 0.1) is 12.9 Å². The molecule has 0 aliphatic carbocycles. The molecule has 1 unspecified atom stereocenters. The summed E-state index contributed by atoms with van der Waals surface area (Å²) in [7, 11) is -3.91. The van der Waals surface area contributed by atoms with E-state index in [1.54, 1.807) is 25.1 Å². The molecule has 0 aliphatic heterocycles. The van der Waals surface area contributed by atoms with E-state index in [9.17, 15) is 12.8 Å². The van der Waals surface area contributed by atoms with Crippen LogP contribution >= 0.6 is 0 Å². The maximum Gasteiger partial charge on any atom is 0.297 e. The number of aromatic nitrogens is 1. The first kappa shape index (κ1) is 15.6. The summed E-state index contributed by atoms with van der Waals surface area (Å²) in [6, 6.07) is 10.6. The van der Waals surface area contributed by atoms with Crippen molar-refractivity contribution in [1.82, 2.24) is 4.98 Å².